The highest BCUT2D eigenvalue weighted by atomic mass is 16.7. The van der Waals surface area contributed by atoms with E-state index >= 15 is 0 Å². The second kappa shape index (κ2) is 4.89. The van der Waals surface area contributed by atoms with Crippen molar-refractivity contribution in [2.75, 3.05) is 13.2 Å². The molecule has 0 saturated heterocycles. The predicted molar refractivity (Wildman–Crippen MR) is 61.1 cm³/mol. The zero-order valence-electron chi connectivity index (χ0n) is 10.1. The molecule has 0 aromatic rings. The molecular formula is C13H20O3. The number of carbonyl (C=O) groups is 1. The molecule has 0 aliphatic heterocycles. The van der Waals surface area contributed by atoms with Crippen molar-refractivity contribution in [2.45, 2.75) is 33.1 Å². The summed E-state index contributed by atoms with van der Waals surface area (Å²) < 4.78 is 9.88. The van der Waals surface area contributed by atoms with Gasteiger partial charge in [-0.2, -0.15) is 0 Å². The van der Waals surface area contributed by atoms with E-state index in [1.54, 1.807) is 12.5 Å². The van der Waals surface area contributed by atoms with Crippen molar-refractivity contribution >= 4 is 6.16 Å². The summed E-state index contributed by atoms with van der Waals surface area (Å²) in [5.74, 6) is 2.01. The number of fused-ring (bicyclic) bond motifs is 2. The summed E-state index contributed by atoms with van der Waals surface area (Å²) in [6.45, 7) is 4.81. The maximum atomic E-state index is 11.1. The Balaban J connectivity index is 1.81. The van der Waals surface area contributed by atoms with Crippen molar-refractivity contribution in [2.24, 2.45) is 17.8 Å². The summed E-state index contributed by atoms with van der Waals surface area (Å²) in [5, 5.41) is 0. The van der Waals surface area contributed by atoms with Gasteiger partial charge in [-0.25, -0.2) is 4.79 Å². The van der Waals surface area contributed by atoms with Gasteiger partial charge in [0.2, 0.25) is 0 Å². The first-order chi connectivity index (χ1) is 7.74. The van der Waals surface area contributed by atoms with Crippen molar-refractivity contribution < 1.29 is 14.3 Å². The first kappa shape index (κ1) is 11.5. The maximum Gasteiger partial charge on any atom is 0.508 e. The fraction of sp³-hybridized carbons (Fsp3) is 0.769. The van der Waals surface area contributed by atoms with Crippen LogP contribution >= 0.6 is 0 Å². The molecule has 0 radical (unpaired) electrons. The van der Waals surface area contributed by atoms with Crippen molar-refractivity contribution in [3.63, 3.8) is 0 Å². The van der Waals surface area contributed by atoms with E-state index in [9.17, 15) is 4.79 Å². The summed E-state index contributed by atoms with van der Waals surface area (Å²) in [4.78, 5) is 11.1. The minimum atomic E-state index is -0.521. The molecule has 0 aromatic heterocycles. The van der Waals surface area contributed by atoms with E-state index in [2.05, 4.69) is 13.0 Å². The first-order valence-electron chi connectivity index (χ1n) is 6.19. The van der Waals surface area contributed by atoms with Gasteiger partial charge in [0.25, 0.3) is 0 Å². The summed E-state index contributed by atoms with van der Waals surface area (Å²) in [7, 11) is 0. The van der Waals surface area contributed by atoms with Gasteiger partial charge in [-0.1, -0.05) is 11.6 Å². The number of hydrogen-bond donors (Lipinski definition) is 0. The average molecular weight is 224 g/mol. The summed E-state index contributed by atoms with van der Waals surface area (Å²) >= 11 is 0. The Kier molecular flexibility index (Phi) is 3.52. The van der Waals surface area contributed by atoms with Crippen LogP contribution in [-0.2, 0) is 9.47 Å². The first-order valence-corrected chi connectivity index (χ1v) is 6.19. The van der Waals surface area contributed by atoms with E-state index in [0.717, 1.165) is 5.92 Å². The Bertz CT molecular complexity index is 296. The van der Waals surface area contributed by atoms with Crippen molar-refractivity contribution in [3.05, 3.63) is 11.6 Å². The average Bonchev–Trinajstić information content (AvgIpc) is 2.85. The minimum Gasteiger partial charge on any atom is -0.435 e. The molecule has 3 atom stereocenters. The van der Waals surface area contributed by atoms with Gasteiger partial charge in [-0.15, -0.1) is 0 Å². The molecule has 2 fully saturated rings. The number of carbonyl (C=O) groups excluding carboxylic acids is 1. The zero-order chi connectivity index (χ0) is 11.5. The third-order valence-corrected chi connectivity index (χ3v) is 3.84. The summed E-state index contributed by atoms with van der Waals surface area (Å²) in [5.41, 5.74) is 1.56. The number of ether oxygens (including phenoxy) is 2. The number of hydrogen-bond acceptors (Lipinski definition) is 3. The van der Waals surface area contributed by atoms with Crippen LogP contribution in [0.1, 0.15) is 33.1 Å². The molecule has 0 heterocycles. The zero-order valence-corrected chi connectivity index (χ0v) is 10.1. The monoisotopic (exact) mass is 224 g/mol. The lowest BCUT2D eigenvalue weighted by atomic mass is 9.85. The van der Waals surface area contributed by atoms with Crippen molar-refractivity contribution in [1.29, 1.82) is 0 Å². The third-order valence-electron chi connectivity index (χ3n) is 3.84. The van der Waals surface area contributed by atoms with Crippen molar-refractivity contribution in [1.82, 2.24) is 0 Å². The molecule has 3 unspecified atom stereocenters. The van der Waals surface area contributed by atoms with E-state index in [4.69, 9.17) is 9.47 Å². The van der Waals surface area contributed by atoms with Gasteiger partial charge in [-0.05, 0) is 44.9 Å². The molecule has 2 aliphatic carbocycles. The number of rotatable bonds is 3. The smallest absolute Gasteiger partial charge is 0.435 e. The molecule has 0 spiro atoms. The van der Waals surface area contributed by atoms with E-state index in [0.29, 0.717) is 25.0 Å². The van der Waals surface area contributed by atoms with Crippen LogP contribution in [0.3, 0.4) is 0 Å². The SMILES string of the molecule is CC=C1CC2CC(COC(=O)OCC)C1C2. The Hall–Kier alpha value is -0.990. The molecular weight excluding hydrogens is 204 g/mol. The second-order valence-corrected chi connectivity index (χ2v) is 4.77. The van der Waals surface area contributed by atoms with E-state index in [1.807, 2.05) is 0 Å². The van der Waals surface area contributed by atoms with Gasteiger partial charge in [-0.3, -0.25) is 0 Å². The molecule has 2 rings (SSSR count). The Morgan fingerprint density at radius 1 is 1.44 bits per heavy atom. The van der Waals surface area contributed by atoms with Crippen LogP contribution < -0.4 is 0 Å². The molecule has 90 valence electrons. The van der Waals surface area contributed by atoms with Crippen LogP contribution in [0.4, 0.5) is 4.79 Å². The van der Waals surface area contributed by atoms with E-state index in [-0.39, 0.29) is 0 Å². The van der Waals surface area contributed by atoms with Crippen LogP contribution in [0.5, 0.6) is 0 Å². The van der Waals surface area contributed by atoms with Crippen LogP contribution in [-0.4, -0.2) is 19.4 Å². The van der Waals surface area contributed by atoms with Gasteiger partial charge in [0.05, 0.1) is 13.2 Å². The molecule has 2 aliphatic rings. The minimum absolute atomic E-state index is 0.385. The molecule has 0 aromatic carbocycles. The Morgan fingerprint density at radius 2 is 2.25 bits per heavy atom. The highest BCUT2D eigenvalue weighted by Crippen LogP contribution is 2.51. The van der Waals surface area contributed by atoms with Gasteiger partial charge in [0.15, 0.2) is 0 Å². The highest BCUT2D eigenvalue weighted by molar-refractivity contribution is 5.59. The fourth-order valence-corrected chi connectivity index (χ4v) is 3.20. The maximum absolute atomic E-state index is 11.1. The standard InChI is InChI=1S/C13H20O3/c1-3-10-5-9-6-11(12(10)7-9)8-16-13(14)15-4-2/h3,9,11-12H,4-8H2,1-2H3. The summed E-state index contributed by atoms with van der Waals surface area (Å²) in [6, 6.07) is 0. The van der Waals surface area contributed by atoms with Crippen LogP contribution in [0, 0.1) is 17.8 Å². The number of allylic oxidation sites excluding steroid dienone is 2. The lowest BCUT2D eigenvalue weighted by molar-refractivity contribution is 0.0432. The van der Waals surface area contributed by atoms with E-state index in [1.165, 1.54) is 19.3 Å². The lowest BCUT2D eigenvalue weighted by Gasteiger charge is -2.23. The molecule has 3 nitrogen and oxygen atoms in total. The van der Waals surface area contributed by atoms with Crippen LogP contribution in [0.15, 0.2) is 11.6 Å². The van der Waals surface area contributed by atoms with Gasteiger partial charge in [0, 0.05) is 5.92 Å². The third kappa shape index (κ3) is 2.23. The van der Waals surface area contributed by atoms with E-state index < -0.39 is 6.16 Å². The molecule has 16 heavy (non-hydrogen) atoms. The topological polar surface area (TPSA) is 35.5 Å². The Labute approximate surface area is 96.8 Å². The van der Waals surface area contributed by atoms with Gasteiger partial charge < -0.3 is 9.47 Å². The predicted octanol–water partition coefficient (Wildman–Crippen LogP) is 3.15. The second-order valence-electron chi connectivity index (χ2n) is 4.77. The fourth-order valence-electron chi connectivity index (χ4n) is 3.20. The van der Waals surface area contributed by atoms with Gasteiger partial charge >= 0.3 is 6.16 Å². The molecule has 2 bridgehead atoms. The molecule has 3 heteroatoms. The van der Waals surface area contributed by atoms with Crippen molar-refractivity contribution in [3.8, 4) is 0 Å². The molecule has 2 saturated carbocycles. The highest BCUT2D eigenvalue weighted by Gasteiger charge is 2.42. The quantitative estimate of drug-likeness (QED) is 0.545. The molecule has 0 amide bonds. The largest absolute Gasteiger partial charge is 0.508 e. The van der Waals surface area contributed by atoms with Gasteiger partial charge in [0.1, 0.15) is 0 Å². The summed E-state index contributed by atoms with van der Waals surface area (Å²) in [6.07, 6.45) is 5.48. The molecule has 0 N–H and O–H groups in total. The Morgan fingerprint density at radius 3 is 2.88 bits per heavy atom. The van der Waals surface area contributed by atoms with Crippen LogP contribution in [0.25, 0.3) is 0 Å². The van der Waals surface area contributed by atoms with Crippen LogP contribution in [0.2, 0.25) is 0 Å². The lowest BCUT2D eigenvalue weighted by Crippen LogP contribution is -2.21. The normalized spacial score (nSPS) is 34.4.